The Morgan fingerprint density at radius 3 is 3.06 bits per heavy atom. The Morgan fingerprint density at radius 2 is 2.38 bits per heavy atom. The third-order valence-corrected chi connectivity index (χ3v) is 2.62. The molecule has 0 aliphatic carbocycles. The van der Waals surface area contributed by atoms with Crippen LogP contribution in [0.15, 0.2) is 17.8 Å². The van der Waals surface area contributed by atoms with Gasteiger partial charge in [-0.3, -0.25) is 4.68 Å². The third kappa shape index (κ3) is 3.03. The third-order valence-electron chi connectivity index (χ3n) is 2.06. The average molecular weight is 237 g/mol. The smallest absolute Gasteiger partial charge is 0.0946 e. The van der Waals surface area contributed by atoms with E-state index in [2.05, 4.69) is 33.8 Å². The Morgan fingerprint density at radius 1 is 1.50 bits per heavy atom. The summed E-state index contributed by atoms with van der Waals surface area (Å²) in [6.07, 6.45) is 3.85. The number of rotatable bonds is 5. The molecule has 0 bridgehead atoms. The Bertz CT molecular complexity index is 420. The lowest BCUT2D eigenvalue weighted by Gasteiger charge is -2.03. The van der Waals surface area contributed by atoms with Crippen molar-refractivity contribution in [1.82, 2.24) is 19.4 Å². The van der Waals surface area contributed by atoms with Crippen molar-refractivity contribution >= 4 is 17.2 Å². The van der Waals surface area contributed by atoms with Gasteiger partial charge in [0.1, 0.15) is 0 Å². The van der Waals surface area contributed by atoms with Crippen molar-refractivity contribution < 1.29 is 0 Å². The molecule has 2 heterocycles. The van der Waals surface area contributed by atoms with Crippen LogP contribution in [0.25, 0.3) is 0 Å². The van der Waals surface area contributed by atoms with E-state index in [0.717, 1.165) is 17.9 Å². The molecule has 86 valence electrons. The molecule has 16 heavy (non-hydrogen) atoms. The number of nitrogens with zero attached hydrogens (tertiary/aromatic N) is 4. The van der Waals surface area contributed by atoms with Crippen LogP contribution in [-0.2, 0) is 13.1 Å². The first-order valence-electron chi connectivity index (χ1n) is 5.26. The molecule has 0 amide bonds. The quantitative estimate of drug-likeness (QED) is 0.864. The molecule has 0 aromatic carbocycles. The van der Waals surface area contributed by atoms with Crippen molar-refractivity contribution in [2.75, 3.05) is 5.32 Å². The molecule has 2 rings (SSSR count). The van der Waals surface area contributed by atoms with Crippen LogP contribution in [0.5, 0.6) is 0 Å². The Labute approximate surface area is 98.7 Å². The van der Waals surface area contributed by atoms with Gasteiger partial charge in [-0.2, -0.15) is 5.10 Å². The van der Waals surface area contributed by atoms with Gasteiger partial charge in [0.2, 0.25) is 0 Å². The summed E-state index contributed by atoms with van der Waals surface area (Å²) in [5.41, 5.74) is 1.98. The minimum atomic E-state index is 0.607. The minimum Gasteiger partial charge on any atom is -0.377 e. The van der Waals surface area contributed by atoms with Crippen LogP contribution < -0.4 is 5.32 Å². The molecule has 5 nitrogen and oxygen atoms in total. The van der Waals surface area contributed by atoms with Gasteiger partial charge in [0.05, 0.1) is 24.1 Å². The van der Waals surface area contributed by atoms with Gasteiger partial charge in [0.25, 0.3) is 0 Å². The summed E-state index contributed by atoms with van der Waals surface area (Å²) in [6, 6.07) is 0. The van der Waals surface area contributed by atoms with E-state index in [9.17, 15) is 0 Å². The van der Waals surface area contributed by atoms with Crippen LogP contribution in [0.4, 0.5) is 5.69 Å². The Hall–Kier alpha value is -1.43. The number of hydrogen-bond donors (Lipinski definition) is 1. The first kappa shape index (κ1) is 11.1. The van der Waals surface area contributed by atoms with Gasteiger partial charge in [-0.1, -0.05) is 18.3 Å². The zero-order valence-electron chi connectivity index (χ0n) is 9.42. The Balaban J connectivity index is 1.88. The fourth-order valence-corrected chi connectivity index (χ4v) is 1.83. The van der Waals surface area contributed by atoms with Gasteiger partial charge in [0, 0.05) is 18.1 Å². The summed E-state index contributed by atoms with van der Waals surface area (Å²) in [5.74, 6) is 0.607. The van der Waals surface area contributed by atoms with Gasteiger partial charge < -0.3 is 5.32 Å². The summed E-state index contributed by atoms with van der Waals surface area (Å²) in [7, 11) is 0. The fraction of sp³-hybridized carbons (Fsp3) is 0.500. The van der Waals surface area contributed by atoms with Crippen molar-refractivity contribution in [3.05, 3.63) is 23.5 Å². The predicted octanol–water partition coefficient (Wildman–Crippen LogP) is 2.00. The standard InChI is InChI=1S/C10H15N5S/c1-8(2)5-15-6-9(4-12-15)11-3-10-7-16-14-13-10/h4,6-8,11H,3,5H2,1-2H3. The molecular weight excluding hydrogens is 222 g/mol. The van der Waals surface area contributed by atoms with Crippen LogP contribution in [0.3, 0.4) is 0 Å². The Kier molecular flexibility index (Phi) is 3.51. The van der Waals surface area contributed by atoms with E-state index in [1.54, 1.807) is 0 Å². The number of nitrogens with one attached hydrogen (secondary N) is 1. The maximum Gasteiger partial charge on any atom is 0.0946 e. The molecule has 2 aromatic heterocycles. The SMILES string of the molecule is CC(C)Cn1cc(NCc2csnn2)cn1. The monoisotopic (exact) mass is 237 g/mol. The van der Waals surface area contributed by atoms with Gasteiger partial charge in [-0.15, -0.1) is 5.10 Å². The molecule has 0 radical (unpaired) electrons. The summed E-state index contributed by atoms with van der Waals surface area (Å²) in [6.45, 7) is 6.00. The molecule has 0 unspecified atom stereocenters. The zero-order chi connectivity index (χ0) is 11.4. The minimum absolute atomic E-state index is 0.607. The fourth-order valence-electron chi connectivity index (χ4n) is 1.38. The average Bonchev–Trinajstić information content (AvgIpc) is 2.84. The maximum absolute atomic E-state index is 4.28. The topological polar surface area (TPSA) is 55.6 Å². The molecule has 0 spiro atoms. The number of aromatic nitrogens is 4. The highest BCUT2D eigenvalue weighted by atomic mass is 32.1. The van der Waals surface area contributed by atoms with Gasteiger partial charge in [0.15, 0.2) is 0 Å². The van der Waals surface area contributed by atoms with Gasteiger partial charge in [-0.05, 0) is 17.5 Å². The van der Waals surface area contributed by atoms with E-state index >= 15 is 0 Å². The molecule has 6 heteroatoms. The lowest BCUT2D eigenvalue weighted by molar-refractivity contribution is 0.483. The summed E-state index contributed by atoms with van der Waals surface area (Å²) in [5, 5.41) is 13.4. The van der Waals surface area contributed by atoms with E-state index in [0.29, 0.717) is 12.5 Å². The van der Waals surface area contributed by atoms with Crippen LogP contribution >= 0.6 is 11.5 Å². The first-order valence-corrected chi connectivity index (χ1v) is 6.10. The van der Waals surface area contributed by atoms with Crippen molar-refractivity contribution in [2.24, 2.45) is 5.92 Å². The van der Waals surface area contributed by atoms with Crippen LogP contribution in [0.2, 0.25) is 0 Å². The van der Waals surface area contributed by atoms with Crippen molar-refractivity contribution in [3.8, 4) is 0 Å². The first-order chi connectivity index (χ1) is 7.74. The molecule has 0 atom stereocenters. The highest BCUT2D eigenvalue weighted by Gasteiger charge is 2.01. The molecule has 0 fully saturated rings. The molecule has 0 aliphatic rings. The predicted molar refractivity (Wildman–Crippen MR) is 64.3 cm³/mol. The molecule has 1 N–H and O–H groups in total. The van der Waals surface area contributed by atoms with Crippen molar-refractivity contribution in [2.45, 2.75) is 26.9 Å². The molecule has 0 aliphatic heterocycles. The lowest BCUT2D eigenvalue weighted by atomic mass is 10.2. The number of hydrogen-bond acceptors (Lipinski definition) is 5. The van der Waals surface area contributed by atoms with Crippen molar-refractivity contribution in [3.63, 3.8) is 0 Å². The highest BCUT2D eigenvalue weighted by Crippen LogP contribution is 2.08. The van der Waals surface area contributed by atoms with Crippen molar-refractivity contribution in [1.29, 1.82) is 0 Å². The van der Waals surface area contributed by atoms with E-state index < -0.39 is 0 Å². The zero-order valence-corrected chi connectivity index (χ0v) is 10.2. The van der Waals surface area contributed by atoms with E-state index in [1.807, 2.05) is 22.5 Å². The van der Waals surface area contributed by atoms with Crippen LogP contribution in [0.1, 0.15) is 19.5 Å². The second kappa shape index (κ2) is 5.07. The summed E-state index contributed by atoms with van der Waals surface area (Å²) < 4.78 is 5.76. The second-order valence-corrected chi connectivity index (χ2v) is 4.70. The van der Waals surface area contributed by atoms with Gasteiger partial charge >= 0.3 is 0 Å². The van der Waals surface area contributed by atoms with Crippen LogP contribution in [-0.4, -0.2) is 19.4 Å². The molecule has 2 aromatic rings. The lowest BCUT2D eigenvalue weighted by Crippen LogP contribution is -2.04. The number of anilines is 1. The molecule has 0 saturated heterocycles. The van der Waals surface area contributed by atoms with Gasteiger partial charge in [-0.25, -0.2) is 0 Å². The molecular formula is C10H15N5S. The van der Waals surface area contributed by atoms with E-state index in [-0.39, 0.29) is 0 Å². The van der Waals surface area contributed by atoms with E-state index in [4.69, 9.17) is 0 Å². The second-order valence-electron chi connectivity index (χ2n) is 4.09. The normalized spacial score (nSPS) is 10.9. The van der Waals surface area contributed by atoms with E-state index in [1.165, 1.54) is 11.5 Å². The van der Waals surface area contributed by atoms with Crippen LogP contribution in [0, 0.1) is 5.92 Å². The summed E-state index contributed by atoms with van der Waals surface area (Å²) in [4.78, 5) is 0. The highest BCUT2D eigenvalue weighted by molar-refractivity contribution is 7.03. The molecule has 0 saturated carbocycles. The maximum atomic E-state index is 4.28. The summed E-state index contributed by atoms with van der Waals surface area (Å²) >= 11 is 1.37. The largest absolute Gasteiger partial charge is 0.377 e.